The number of ether oxygens (including phenoxy) is 2. The highest BCUT2D eigenvalue weighted by Gasteiger charge is 2.67. The quantitative estimate of drug-likeness (QED) is 0.702. The molecule has 2 N–H and O–H groups in total. The summed E-state index contributed by atoms with van der Waals surface area (Å²) in [7, 11) is 0. The first kappa shape index (κ1) is 22.3. The number of rotatable bonds is 4. The maximum atomic E-state index is 12.0. The van der Waals surface area contributed by atoms with Crippen LogP contribution in [0.1, 0.15) is 64.5 Å². The van der Waals surface area contributed by atoms with Crippen LogP contribution in [0.3, 0.4) is 0 Å². The molecule has 0 aliphatic heterocycles. The Morgan fingerprint density at radius 3 is 2.39 bits per heavy atom. The van der Waals surface area contributed by atoms with Gasteiger partial charge in [0.15, 0.2) is 0 Å². The van der Waals surface area contributed by atoms with Crippen LogP contribution in [-0.4, -0.2) is 47.6 Å². The summed E-state index contributed by atoms with van der Waals surface area (Å²) in [6.45, 7) is 6.68. The minimum Gasteiger partial charge on any atom is -0.472 e. The third-order valence-electron chi connectivity index (χ3n) is 8.78. The molecule has 172 valence electrons. The molecule has 0 radical (unpaired) electrons. The van der Waals surface area contributed by atoms with E-state index < -0.39 is 35.0 Å². The number of esters is 2. The van der Waals surface area contributed by atoms with E-state index in [1.165, 1.54) is 13.8 Å². The van der Waals surface area contributed by atoms with E-state index in [0.29, 0.717) is 6.42 Å². The highest BCUT2D eigenvalue weighted by atomic mass is 16.6. The second-order valence-corrected chi connectivity index (χ2v) is 10.4. The van der Waals surface area contributed by atoms with E-state index in [0.717, 1.165) is 36.8 Å². The fourth-order valence-electron chi connectivity index (χ4n) is 7.67. The molecule has 7 atom stereocenters. The number of aliphatic hydroxyl groups is 2. The van der Waals surface area contributed by atoms with Crippen molar-refractivity contribution >= 4 is 11.9 Å². The normalized spacial score (nSPS) is 41.5. The summed E-state index contributed by atoms with van der Waals surface area (Å²) in [4.78, 5) is 23.9. The number of hydrogen-bond acceptors (Lipinski definition) is 7. The molecule has 7 heteroatoms. The zero-order valence-corrected chi connectivity index (χ0v) is 18.8. The number of aliphatic hydroxyl groups excluding tert-OH is 2. The van der Waals surface area contributed by atoms with E-state index in [4.69, 9.17) is 13.9 Å². The SMILES string of the molecule is CC(=O)OC1CC2(C)C3CCc4cocc4C3(CO)CCC2C(C)(CO)C1OC(C)=O. The molecular formula is C24H34O7. The van der Waals surface area contributed by atoms with Crippen molar-refractivity contribution in [2.24, 2.45) is 22.7 Å². The molecule has 0 amide bonds. The maximum Gasteiger partial charge on any atom is 0.303 e. The molecule has 3 aliphatic carbocycles. The Morgan fingerprint density at radius 2 is 1.77 bits per heavy atom. The van der Waals surface area contributed by atoms with Crippen molar-refractivity contribution in [3.8, 4) is 0 Å². The molecule has 1 aromatic heterocycles. The molecule has 1 aromatic rings. The summed E-state index contributed by atoms with van der Waals surface area (Å²) in [5, 5.41) is 21.3. The van der Waals surface area contributed by atoms with Crippen LogP contribution < -0.4 is 0 Å². The molecule has 7 unspecified atom stereocenters. The van der Waals surface area contributed by atoms with Gasteiger partial charge in [-0.3, -0.25) is 9.59 Å². The van der Waals surface area contributed by atoms with Gasteiger partial charge in [-0.2, -0.15) is 0 Å². The lowest BCUT2D eigenvalue weighted by atomic mass is 9.39. The average molecular weight is 435 g/mol. The van der Waals surface area contributed by atoms with Crippen LogP contribution in [0.4, 0.5) is 0 Å². The Kier molecular flexibility index (Phi) is 5.49. The molecule has 3 aliphatic rings. The second kappa shape index (κ2) is 7.62. The van der Waals surface area contributed by atoms with Gasteiger partial charge < -0.3 is 24.1 Å². The van der Waals surface area contributed by atoms with Gasteiger partial charge in [-0.05, 0) is 54.9 Å². The van der Waals surface area contributed by atoms with E-state index in [2.05, 4.69) is 6.92 Å². The first-order chi connectivity index (χ1) is 14.6. The number of furan rings is 1. The van der Waals surface area contributed by atoms with Gasteiger partial charge in [0.05, 0.1) is 25.7 Å². The first-order valence-electron chi connectivity index (χ1n) is 11.2. The molecule has 0 spiro atoms. The zero-order valence-electron chi connectivity index (χ0n) is 18.8. The lowest BCUT2D eigenvalue weighted by Crippen LogP contribution is -2.67. The van der Waals surface area contributed by atoms with Crippen LogP contribution in [0.5, 0.6) is 0 Å². The number of hydrogen-bond donors (Lipinski definition) is 2. The van der Waals surface area contributed by atoms with Crippen molar-refractivity contribution in [2.75, 3.05) is 13.2 Å². The smallest absolute Gasteiger partial charge is 0.303 e. The van der Waals surface area contributed by atoms with Gasteiger partial charge in [-0.15, -0.1) is 0 Å². The van der Waals surface area contributed by atoms with Gasteiger partial charge in [-0.1, -0.05) is 13.8 Å². The van der Waals surface area contributed by atoms with Crippen molar-refractivity contribution in [1.82, 2.24) is 0 Å². The van der Waals surface area contributed by atoms with Gasteiger partial charge in [0.2, 0.25) is 0 Å². The molecule has 7 nitrogen and oxygen atoms in total. The Morgan fingerprint density at radius 1 is 1.06 bits per heavy atom. The number of carbonyl (C=O) groups is 2. The summed E-state index contributed by atoms with van der Waals surface area (Å²) in [6, 6.07) is 0. The Bertz CT molecular complexity index is 862. The van der Waals surface area contributed by atoms with E-state index >= 15 is 0 Å². The fourth-order valence-corrected chi connectivity index (χ4v) is 7.67. The van der Waals surface area contributed by atoms with Gasteiger partial charge in [0.25, 0.3) is 0 Å². The topological polar surface area (TPSA) is 106 Å². The van der Waals surface area contributed by atoms with Crippen LogP contribution in [0.25, 0.3) is 0 Å². The summed E-state index contributed by atoms with van der Waals surface area (Å²) >= 11 is 0. The summed E-state index contributed by atoms with van der Waals surface area (Å²) < 4.78 is 16.9. The monoisotopic (exact) mass is 434 g/mol. The Labute approximate surface area is 183 Å². The van der Waals surface area contributed by atoms with Crippen LogP contribution in [0.15, 0.2) is 16.9 Å². The standard InChI is InChI=1S/C24H34O7/c1-14(27)30-18-9-22(3)19(23(4,12-25)21(18)31-15(2)28)7-8-24(13-26)17-11-29-10-16(17)5-6-20(22)24/h10-11,18-21,25-26H,5-9,12-13H2,1-4H3. The molecule has 0 saturated heterocycles. The van der Waals surface area contributed by atoms with Crippen molar-refractivity contribution in [3.05, 3.63) is 23.7 Å². The Hall–Kier alpha value is -1.86. The number of aryl methyl sites for hydroxylation is 1. The third-order valence-corrected chi connectivity index (χ3v) is 8.78. The first-order valence-corrected chi connectivity index (χ1v) is 11.2. The summed E-state index contributed by atoms with van der Waals surface area (Å²) in [5.41, 5.74) is 0.726. The van der Waals surface area contributed by atoms with Crippen molar-refractivity contribution in [1.29, 1.82) is 0 Å². The van der Waals surface area contributed by atoms with E-state index in [9.17, 15) is 19.8 Å². The molecular weight excluding hydrogens is 400 g/mol. The third kappa shape index (κ3) is 3.15. The molecule has 2 fully saturated rings. The number of fused-ring (bicyclic) bond motifs is 5. The van der Waals surface area contributed by atoms with E-state index in [-0.39, 0.29) is 30.5 Å². The van der Waals surface area contributed by atoms with Gasteiger partial charge in [0.1, 0.15) is 12.2 Å². The summed E-state index contributed by atoms with van der Waals surface area (Å²) in [6.07, 6.45) is 5.99. The molecule has 31 heavy (non-hydrogen) atoms. The largest absolute Gasteiger partial charge is 0.472 e. The second-order valence-electron chi connectivity index (χ2n) is 10.4. The van der Waals surface area contributed by atoms with Crippen molar-refractivity contribution in [3.63, 3.8) is 0 Å². The zero-order chi connectivity index (χ0) is 22.6. The minimum absolute atomic E-state index is 0.0218. The number of carbonyl (C=O) groups excluding carboxylic acids is 2. The summed E-state index contributed by atoms with van der Waals surface area (Å²) in [5.74, 6) is -0.725. The van der Waals surface area contributed by atoms with Crippen molar-refractivity contribution in [2.45, 2.75) is 77.4 Å². The molecule has 0 bridgehead atoms. The minimum atomic E-state index is -0.767. The van der Waals surface area contributed by atoms with E-state index in [1.807, 2.05) is 6.92 Å². The van der Waals surface area contributed by atoms with Crippen molar-refractivity contribution < 1.29 is 33.7 Å². The maximum absolute atomic E-state index is 12.0. The average Bonchev–Trinajstić information content (AvgIpc) is 3.19. The van der Waals surface area contributed by atoms with Gasteiger partial charge in [-0.25, -0.2) is 0 Å². The van der Waals surface area contributed by atoms with Crippen LogP contribution in [-0.2, 0) is 30.9 Å². The van der Waals surface area contributed by atoms with Crippen LogP contribution >= 0.6 is 0 Å². The molecule has 1 heterocycles. The highest BCUT2D eigenvalue weighted by Crippen LogP contribution is 2.67. The highest BCUT2D eigenvalue weighted by molar-refractivity contribution is 5.67. The predicted molar refractivity (Wildman–Crippen MR) is 111 cm³/mol. The van der Waals surface area contributed by atoms with Crippen LogP contribution in [0.2, 0.25) is 0 Å². The molecule has 2 saturated carbocycles. The van der Waals surface area contributed by atoms with Gasteiger partial charge >= 0.3 is 11.9 Å². The fraction of sp³-hybridized carbons (Fsp3) is 0.750. The predicted octanol–water partition coefficient (Wildman–Crippen LogP) is 2.75. The van der Waals surface area contributed by atoms with Gasteiger partial charge in [0, 0.05) is 30.2 Å². The lowest BCUT2D eigenvalue weighted by molar-refractivity contribution is -0.240. The van der Waals surface area contributed by atoms with Crippen LogP contribution in [0, 0.1) is 22.7 Å². The molecule has 4 rings (SSSR count). The Balaban J connectivity index is 1.82. The molecule has 0 aromatic carbocycles. The van der Waals surface area contributed by atoms with E-state index in [1.54, 1.807) is 12.5 Å². The lowest BCUT2D eigenvalue weighted by Gasteiger charge is -2.66.